The van der Waals surface area contributed by atoms with E-state index < -0.39 is 17.4 Å². The van der Waals surface area contributed by atoms with Crippen LogP contribution in [0.2, 0.25) is 0 Å². The number of nitrogens with zero attached hydrogens (tertiary/aromatic N) is 2. The summed E-state index contributed by atoms with van der Waals surface area (Å²) >= 11 is 0. The minimum atomic E-state index is -0.459. The highest BCUT2D eigenvalue weighted by Gasteiger charge is 2.10. The molecular weight excluding hydrogens is 298 g/mol. The molecule has 0 unspecified atom stereocenters. The van der Waals surface area contributed by atoms with Gasteiger partial charge < -0.3 is 10.6 Å². The molecule has 0 fully saturated rings. The van der Waals surface area contributed by atoms with Crippen molar-refractivity contribution in [3.63, 3.8) is 0 Å². The summed E-state index contributed by atoms with van der Waals surface area (Å²) in [6, 6.07) is 11.2. The molecule has 1 aromatic heterocycles. The molecule has 0 radical (unpaired) electrons. The van der Waals surface area contributed by atoms with E-state index in [-0.39, 0.29) is 18.7 Å². The molecule has 3 N–H and O–H groups in total. The van der Waals surface area contributed by atoms with Crippen molar-refractivity contribution in [3.8, 4) is 6.07 Å². The third kappa shape index (κ3) is 4.50. The number of aromatic amines is 1. The molecule has 0 aliphatic carbocycles. The molecule has 8 heteroatoms. The number of nitriles is 1. The van der Waals surface area contributed by atoms with Crippen molar-refractivity contribution in [2.24, 2.45) is 0 Å². The first-order chi connectivity index (χ1) is 11.1. The number of aromatic nitrogens is 2. The van der Waals surface area contributed by atoms with Gasteiger partial charge in [0.1, 0.15) is 12.1 Å². The van der Waals surface area contributed by atoms with Gasteiger partial charge in [-0.15, -0.1) is 0 Å². The molecule has 116 valence electrons. The Labute approximate surface area is 131 Å². The molecule has 1 aromatic carbocycles. The van der Waals surface area contributed by atoms with Crippen molar-refractivity contribution in [2.45, 2.75) is 13.0 Å². The number of benzene rings is 1. The highest BCUT2D eigenvalue weighted by Crippen LogP contribution is 2.15. The van der Waals surface area contributed by atoms with Gasteiger partial charge in [-0.2, -0.15) is 10.4 Å². The monoisotopic (exact) mass is 311 g/mol. The number of para-hydroxylation sites is 1. The molecule has 2 aromatic rings. The molecule has 2 rings (SSSR count). The van der Waals surface area contributed by atoms with Gasteiger partial charge in [0, 0.05) is 18.3 Å². The first-order valence-corrected chi connectivity index (χ1v) is 6.69. The zero-order valence-electron chi connectivity index (χ0n) is 12.0. The van der Waals surface area contributed by atoms with Crippen molar-refractivity contribution < 1.29 is 9.59 Å². The second-order valence-electron chi connectivity index (χ2n) is 4.53. The van der Waals surface area contributed by atoms with Crippen molar-refractivity contribution in [1.29, 1.82) is 5.26 Å². The Kier molecular flexibility index (Phi) is 5.20. The van der Waals surface area contributed by atoms with E-state index in [1.807, 2.05) is 0 Å². The van der Waals surface area contributed by atoms with E-state index in [0.717, 1.165) is 0 Å². The number of carbonyl (C=O) groups excluding carboxylic acids is 2. The lowest BCUT2D eigenvalue weighted by Crippen LogP contribution is -2.26. The van der Waals surface area contributed by atoms with Gasteiger partial charge in [-0.05, 0) is 17.7 Å². The predicted molar refractivity (Wildman–Crippen MR) is 81.3 cm³/mol. The van der Waals surface area contributed by atoms with Crippen LogP contribution in [0.3, 0.4) is 0 Å². The van der Waals surface area contributed by atoms with Crippen LogP contribution in [-0.2, 0) is 11.3 Å². The molecule has 0 aliphatic rings. The number of anilines is 1. The van der Waals surface area contributed by atoms with Crippen molar-refractivity contribution in [3.05, 3.63) is 58.0 Å². The normalized spacial score (nSPS) is 9.70. The Bertz CT molecular complexity index is 802. The van der Waals surface area contributed by atoms with E-state index in [2.05, 4.69) is 20.8 Å². The van der Waals surface area contributed by atoms with Gasteiger partial charge in [0.15, 0.2) is 0 Å². The fraction of sp³-hybridized carbons (Fsp3) is 0.133. The Morgan fingerprint density at radius 2 is 2.00 bits per heavy atom. The van der Waals surface area contributed by atoms with Crippen LogP contribution in [-0.4, -0.2) is 22.0 Å². The average molecular weight is 311 g/mol. The maximum atomic E-state index is 11.9. The predicted octanol–water partition coefficient (Wildman–Crippen LogP) is 0.552. The van der Waals surface area contributed by atoms with Gasteiger partial charge >= 0.3 is 0 Å². The van der Waals surface area contributed by atoms with Gasteiger partial charge in [0.2, 0.25) is 5.91 Å². The summed E-state index contributed by atoms with van der Waals surface area (Å²) in [6.07, 6.45) is -0.248. The maximum Gasteiger partial charge on any atom is 0.271 e. The van der Waals surface area contributed by atoms with Crippen LogP contribution in [0.25, 0.3) is 0 Å². The fourth-order valence-corrected chi connectivity index (χ4v) is 1.80. The smallest absolute Gasteiger partial charge is 0.271 e. The second-order valence-corrected chi connectivity index (χ2v) is 4.53. The molecule has 1 heterocycles. The SMILES string of the molecule is N#CCC(=O)Nc1ccccc1CNC(=O)c1ccc(=O)[nH]n1. The number of hydrogen-bond donors (Lipinski definition) is 3. The Morgan fingerprint density at radius 3 is 2.70 bits per heavy atom. The highest BCUT2D eigenvalue weighted by molar-refractivity contribution is 5.93. The molecule has 0 bridgehead atoms. The van der Waals surface area contributed by atoms with Gasteiger partial charge in [-0.3, -0.25) is 14.4 Å². The third-order valence-corrected chi connectivity index (χ3v) is 2.88. The lowest BCUT2D eigenvalue weighted by molar-refractivity contribution is -0.115. The molecule has 0 aliphatic heterocycles. The minimum Gasteiger partial charge on any atom is -0.346 e. The first kappa shape index (κ1) is 15.9. The standard InChI is InChI=1S/C15H13N5O3/c16-8-7-13(21)18-11-4-2-1-3-10(11)9-17-15(23)12-5-6-14(22)20-19-12/h1-6H,7,9H2,(H,17,23)(H,18,21)(H,20,22). The van der Waals surface area contributed by atoms with Crippen molar-refractivity contribution in [1.82, 2.24) is 15.5 Å². The Balaban J connectivity index is 2.04. The molecule has 0 saturated carbocycles. The van der Waals surface area contributed by atoms with Gasteiger partial charge in [-0.1, -0.05) is 18.2 Å². The summed E-state index contributed by atoms with van der Waals surface area (Å²) in [6.45, 7) is 0.155. The Morgan fingerprint density at radius 1 is 1.22 bits per heavy atom. The summed E-state index contributed by atoms with van der Waals surface area (Å²) < 4.78 is 0. The van der Waals surface area contributed by atoms with E-state index in [1.54, 1.807) is 30.3 Å². The van der Waals surface area contributed by atoms with E-state index in [4.69, 9.17) is 5.26 Å². The topological polar surface area (TPSA) is 128 Å². The van der Waals surface area contributed by atoms with Crippen molar-refractivity contribution >= 4 is 17.5 Å². The van der Waals surface area contributed by atoms with Gasteiger partial charge in [-0.25, -0.2) is 5.10 Å². The quantitative estimate of drug-likeness (QED) is 0.743. The summed E-state index contributed by atoms with van der Waals surface area (Å²) in [5, 5.41) is 19.6. The lowest BCUT2D eigenvalue weighted by atomic mass is 10.1. The van der Waals surface area contributed by atoms with Crippen LogP contribution in [0.4, 0.5) is 5.69 Å². The largest absolute Gasteiger partial charge is 0.346 e. The highest BCUT2D eigenvalue weighted by atomic mass is 16.2. The lowest BCUT2D eigenvalue weighted by Gasteiger charge is -2.11. The number of H-pyrrole nitrogens is 1. The number of amides is 2. The molecular formula is C15H13N5O3. The third-order valence-electron chi connectivity index (χ3n) is 2.88. The number of rotatable bonds is 5. The van der Waals surface area contributed by atoms with E-state index in [1.165, 1.54) is 12.1 Å². The van der Waals surface area contributed by atoms with Crippen LogP contribution in [0.1, 0.15) is 22.5 Å². The maximum absolute atomic E-state index is 11.9. The summed E-state index contributed by atoms with van der Waals surface area (Å²) in [5.41, 5.74) is 0.877. The summed E-state index contributed by atoms with van der Waals surface area (Å²) in [7, 11) is 0. The number of carbonyl (C=O) groups is 2. The molecule has 23 heavy (non-hydrogen) atoms. The van der Waals surface area contributed by atoms with Crippen LogP contribution in [0.15, 0.2) is 41.2 Å². The molecule has 0 spiro atoms. The zero-order chi connectivity index (χ0) is 16.7. The minimum absolute atomic E-state index is 0.0793. The number of hydrogen-bond acceptors (Lipinski definition) is 5. The van der Waals surface area contributed by atoms with E-state index in [0.29, 0.717) is 11.3 Å². The van der Waals surface area contributed by atoms with E-state index >= 15 is 0 Å². The average Bonchev–Trinajstić information content (AvgIpc) is 2.54. The van der Waals surface area contributed by atoms with Crippen LogP contribution < -0.4 is 16.2 Å². The van der Waals surface area contributed by atoms with E-state index in [9.17, 15) is 14.4 Å². The van der Waals surface area contributed by atoms with Gasteiger partial charge in [0.05, 0.1) is 6.07 Å². The molecule has 0 saturated heterocycles. The number of nitrogens with one attached hydrogen (secondary N) is 3. The molecule has 8 nitrogen and oxygen atoms in total. The Hall–Kier alpha value is -3.47. The molecule has 0 atom stereocenters. The van der Waals surface area contributed by atoms with Crippen LogP contribution in [0.5, 0.6) is 0 Å². The summed E-state index contributed by atoms with van der Waals surface area (Å²) in [5.74, 6) is -0.881. The first-order valence-electron chi connectivity index (χ1n) is 6.69. The second kappa shape index (κ2) is 7.51. The van der Waals surface area contributed by atoms with Crippen LogP contribution >= 0.6 is 0 Å². The fourth-order valence-electron chi connectivity index (χ4n) is 1.80. The van der Waals surface area contributed by atoms with Crippen LogP contribution in [0, 0.1) is 11.3 Å². The van der Waals surface area contributed by atoms with Crippen molar-refractivity contribution in [2.75, 3.05) is 5.32 Å². The molecule has 2 amide bonds. The zero-order valence-corrected chi connectivity index (χ0v) is 12.0. The van der Waals surface area contributed by atoms with Gasteiger partial charge in [0.25, 0.3) is 11.5 Å². The summed E-state index contributed by atoms with van der Waals surface area (Å²) in [4.78, 5) is 34.3.